The van der Waals surface area contributed by atoms with Crippen molar-refractivity contribution in [2.45, 2.75) is 20.3 Å². The van der Waals surface area contributed by atoms with Gasteiger partial charge in [0.2, 0.25) is 5.91 Å². The van der Waals surface area contributed by atoms with Gasteiger partial charge in [0.1, 0.15) is 0 Å². The highest BCUT2D eigenvalue weighted by Crippen LogP contribution is 2.28. The van der Waals surface area contributed by atoms with Crippen molar-refractivity contribution in [2.24, 2.45) is 0 Å². The Balaban J connectivity index is 2.00. The number of carbonyl (C=O) groups is 2. The first-order valence-corrected chi connectivity index (χ1v) is 8.98. The first kappa shape index (κ1) is 22.1. The van der Waals surface area contributed by atoms with Crippen molar-refractivity contribution in [1.82, 2.24) is 5.32 Å². The zero-order valence-corrected chi connectivity index (χ0v) is 16.0. The average Bonchev–Trinajstić information content (AvgIpc) is 2.71. The summed E-state index contributed by atoms with van der Waals surface area (Å²) in [6.45, 7) is 4.11. The Morgan fingerprint density at radius 3 is 2.41 bits per heavy atom. The lowest BCUT2D eigenvalue weighted by Crippen LogP contribution is -2.33. The van der Waals surface area contributed by atoms with Crippen molar-refractivity contribution >= 4 is 17.5 Å². The average molecular weight is 410 g/mol. The molecule has 156 valence electrons. The number of rotatable bonds is 9. The molecule has 0 fully saturated rings. The van der Waals surface area contributed by atoms with E-state index in [0.29, 0.717) is 30.8 Å². The minimum absolute atomic E-state index is 0.226. The molecule has 9 heteroatoms. The van der Waals surface area contributed by atoms with Crippen molar-refractivity contribution in [3.8, 4) is 11.5 Å². The maximum Gasteiger partial charge on any atom is 0.251 e. The van der Waals surface area contributed by atoms with E-state index in [4.69, 9.17) is 9.47 Å². The highest BCUT2D eigenvalue weighted by molar-refractivity contribution is 5.99. The Morgan fingerprint density at radius 1 is 0.966 bits per heavy atom. The molecule has 2 aromatic rings. The van der Waals surface area contributed by atoms with Crippen molar-refractivity contribution in [1.29, 1.82) is 0 Å². The zero-order chi connectivity index (χ0) is 21.4. The van der Waals surface area contributed by atoms with E-state index in [-0.39, 0.29) is 5.56 Å². The summed E-state index contributed by atoms with van der Waals surface area (Å²) in [6, 6.07) is 6.15. The maximum absolute atomic E-state index is 13.6. The molecule has 6 nitrogen and oxygen atoms in total. The molecule has 0 spiro atoms. The Hall–Kier alpha value is -3.23. The smallest absolute Gasteiger partial charge is 0.251 e. The van der Waals surface area contributed by atoms with Gasteiger partial charge in [-0.05, 0) is 43.7 Å². The van der Waals surface area contributed by atoms with Crippen LogP contribution in [-0.4, -0.2) is 31.6 Å². The molecule has 0 saturated carbocycles. The number of amides is 2. The zero-order valence-electron chi connectivity index (χ0n) is 16.0. The summed E-state index contributed by atoms with van der Waals surface area (Å²) in [5, 5.41) is 4.43. The lowest BCUT2D eigenvalue weighted by molar-refractivity contribution is -0.115. The summed E-state index contributed by atoms with van der Waals surface area (Å²) in [5.74, 6) is -5.08. The summed E-state index contributed by atoms with van der Waals surface area (Å²) < 4.78 is 50.7. The molecule has 0 aliphatic rings. The molecule has 0 aliphatic heterocycles. The highest BCUT2D eigenvalue weighted by Gasteiger charge is 2.16. The van der Waals surface area contributed by atoms with Gasteiger partial charge in [-0.2, -0.15) is 0 Å². The van der Waals surface area contributed by atoms with E-state index in [0.717, 1.165) is 12.5 Å². The van der Waals surface area contributed by atoms with E-state index in [1.165, 1.54) is 12.1 Å². The highest BCUT2D eigenvalue weighted by atomic mass is 19.2. The SMILES string of the molecule is CCCOc1ccc(C(=O)NCC(=O)Nc2ccc(F)c(F)c2F)cc1OCC. The van der Waals surface area contributed by atoms with Crippen molar-refractivity contribution in [3.63, 3.8) is 0 Å². The molecule has 0 aliphatic carbocycles. The molecule has 0 aromatic heterocycles. The molecule has 0 radical (unpaired) electrons. The lowest BCUT2D eigenvalue weighted by Gasteiger charge is -2.13. The number of hydrogen-bond acceptors (Lipinski definition) is 4. The number of anilines is 1. The van der Waals surface area contributed by atoms with Crippen molar-refractivity contribution in [2.75, 3.05) is 25.1 Å². The van der Waals surface area contributed by atoms with Crippen LogP contribution in [0.15, 0.2) is 30.3 Å². The summed E-state index contributed by atoms with van der Waals surface area (Å²) in [7, 11) is 0. The second kappa shape index (κ2) is 10.4. The Kier molecular flexibility index (Phi) is 7.88. The van der Waals surface area contributed by atoms with Crippen LogP contribution in [-0.2, 0) is 4.79 Å². The van der Waals surface area contributed by atoms with Crippen LogP contribution in [0.3, 0.4) is 0 Å². The van der Waals surface area contributed by atoms with Gasteiger partial charge in [0, 0.05) is 5.56 Å². The fourth-order valence-electron chi connectivity index (χ4n) is 2.33. The van der Waals surface area contributed by atoms with Crippen LogP contribution in [0.1, 0.15) is 30.6 Å². The normalized spacial score (nSPS) is 10.4. The maximum atomic E-state index is 13.6. The Labute approximate surface area is 166 Å². The van der Waals surface area contributed by atoms with E-state index < -0.39 is 41.5 Å². The fraction of sp³-hybridized carbons (Fsp3) is 0.300. The van der Waals surface area contributed by atoms with Crippen molar-refractivity contribution < 1.29 is 32.2 Å². The quantitative estimate of drug-likeness (QED) is 0.619. The second-order valence-corrected chi connectivity index (χ2v) is 5.90. The number of benzene rings is 2. The molecule has 0 atom stereocenters. The predicted octanol–water partition coefficient (Wildman–Crippen LogP) is 3.66. The van der Waals surface area contributed by atoms with E-state index in [2.05, 4.69) is 10.6 Å². The molecular formula is C20H21F3N2O4. The molecule has 2 rings (SSSR count). The predicted molar refractivity (Wildman–Crippen MR) is 101 cm³/mol. The molecule has 2 amide bonds. The van der Waals surface area contributed by atoms with Crippen LogP contribution < -0.4 is 20.1 Å². The largest absolute Gasteiger partial charge is 0.490 e. The molecule has 0 bridgehead atoms. The standard InChI is InChI=1S/C20H21F3N2O4/c1-3-9-29-15-8-5-12(10-16(15)28-4-2)20(27)24-11-17(26)25-14-7-6-13(21)18(22)19(14)23/h5-8,10H,3-4,9,11H2,1-2H3,(H,24,27)(H,25,26). The molecule has 2 aromatic carbocycles. The van der Waals surface area contributed by atoms with Crippen LogP contribution in [0, 0.1) is 17.5 Å². The molecule has 29 heavy (non-hydrogen) atoms. The monoisotopic (exact) mass is 410 g/mol. The van der Waals surface area contributed by atoms with Gasteiger partial charge >= 0.3 is 0 Å². The third kappa shape index (κ3) is 5.87. The van der Waals surface area contributed by atoms with Gasteiger partial charge in [-0.15, -0.1) is 0 Å². The molecule has 0 unspecified atom stereocenters. The van der Waals surface area contributed by atoms with Crippen LogP contribution in [0.2, 0.25) is 0 Å². The van der Waals surface area contributed by atoms with Crippen LogP contribution in [0.5, 0.6) is 11.5 Å². The third-order valence-electron chi connectivity index (χ3n) is 3.69. The van der Waals surface area contributed by atoms with E-state index >= 15 is 0 Å². The topological polar surface area (TPSA) is 76.7 Å². The van der Waals surface area contributed by atoms with Crippen molar-refractivity contribution in [3.05, 3.63) is 53.3 Å². The Morgan fingerprint density at radius 2 is 1.72 bits per heavy atom. The van der Waals surface area contributed by atoms with Gasteiger partial charge in [0.05, 0.1) is 25.4 Å². The van der Waals surface area contributed by atoms with Crippen LogP contribution in [0.25, 0.3) is 0 Å². The van der Waals surface area contributed by atoms with Gasteiger partial charge < -0.3 is 20.1 Å². The molecule has 0 saturated heterocycles. The minimum atomic E-state index is -1.69. The van der Waals surface area contributed by atoms with Gasteiger partial charge in [0.25, 0.3) is 5.91 Å². The number of halogens is 3. The summed E-state index contributed by atoms with van der Waals surface area (Å²) >= 11 is 0. The number of hydrogen-bond donors (Lipinski definition) is 2. The Bertz CT molecular complexity index is 890. The first-order chi connectivity index (χ1) is 13.9. The van der Waals surface area contributed by atoms with Gasteiger partial charge in [-0.3, -0.25) is 9.59 Å². The number of nitrogens with one attached hydrogen (secondary N) is 2. The molecular weight excluding hydrogens is 389 g/mol. The van der Waals surface area contributed by atoms with E-state index in [9.17, 15) is 22.8 Å². The summed E-state index contributed by atoms with van der Waals surface area (Å²) in [5.41, 5.74) is -0.302. The van der Waals surface area contributed by atoms with Gasteiger partial charge in [0.15, 0.2) is 29.0 Å². The lowest BCUT2D eigenvalue weighted by atomic mass is 10.2. The van der Waals surface area contributed by atoms with Crippen LogP contribution in [0.4, 0.5) is 18.9 Å². The van der Waals surface area contributed by atoms with Crippen LogP contribution >= 0.6 is 0 Å². The summed E-state index contributed by atoms with van der Waals surface area (Å²) in [6.07, 6.45) is 0.807. The number of carbonyl (C=O) groups excluding carboxylic acids is 2. The minimum Gasteiger partial charge on any atom is -0.490 e. The molecule has 0 heterocycles. The second-order valence-electron chi connectivity index (χ2n) is 5.90. The van der Waals surface area contributed by atoms with Gasteiger partial charge in [-0.25, -0.2) is 13.2 Å². The summed E-state index contributed by atoms with van der Waals surface area (Å²) in [4.78, 5) is 24.2. The van der Waals surface area contributed by atoms with Gasteiger partial charge in [-0.1, -0.05) is 6.92 Å². The van der Waals surface area contributed by atoms with E-state index in [1.807, 2.05) is 6.92 Å². The number of ether oxygens (including phenoxy) is 2. The first-order valence-electron chi connectivity index (χ1n) is 8.98. The fourth-order valence-corrected chi connectivity index (χ4v) is 2.33. The third-order valence-corrected chi connectivity index (χ3v) is 3.69. The van der Waals surface area contributed by atoms with E-state index in [1.54, 1.807) is 13.0 Å². The molecule has 2 N–H and O–H groups in total.